The highest BCUT2D eigenvalue weighted by Gasteiger charge is 2.66. The predicted octanol–water partition coefficient (Wildman–Crippen LogP) is 1.88. The molecule has 1 N–H and O–H groups in total. The molecule has 4 rings (SSSR count). The summed E-state index contributed by atoms with van der Waals surface area (Å²) < 4.78 is 11.3. The number of rotatable bonds is 3. The van der Waals surface area contributed by atoms with Crippen LogP contribution in [0.3, 0.4) is 0 Å². The van der Waals surface area contributed by atoms with E-state index in [9.17, 15) is 14.7 Å². The zero-order valence-electron chi connectivity index (χ0n) is 12.6. The molecule has 0 aromatic heterocycles. The Morgan fingerprint density at radius 1 is 1.05 bits per heavy atom. The summed E-state index contributed by atoms with van der Waals surface area (Å²) in [6.45, 7) is 6.61. The van der Waals surface area contributed by atoms with Crippen molar-refractivity contribution in [3.63, 3.8) is 0 Å². The van der Waals surface area contributed by atoms with Crippen molar-refractivity contribution >= 4 is 11.9 Å². The fourth-order valence-corrected chi connectivity index (χ4v) is 5.03. The lowest BCUT2D eigenvalue weighted by Crippen LogP contribution is -2.67. The summed E-state index contributed by atoms with van der Waals surface area (Å²) in [6.07, 6.45) is 3.54. The van der Waals surface area contributed by atoms with Gasteiger partial charge in [-0.1, -0.05) is 6.58 Å². The standard InChI is InChI=1S/C16H22O5/c1-10(2)13(18)21-16-6-12-4-14(19,8-16)7-15(5-12,9-16)20-11(3)17/h12,19H,1,4-9H2,2-3H3. The molecule has 4 saturated carbocycles. The monoisotopic (exact) mass is 294 g/mol. The maximum Gasteiger partial charge on any atom is 0.333 e. The fraction of sp³-hybridized carbons (Fsp3) is 0.750. The lowest BCUT2D eigenvalue weighted by atomic mass is 9.50. The molecule has 116 valence electrons. The maximum absolute atomic E-state index is 11.9. The molecule has 0 aromatic carbocycles. The van der Waals surface area contributed by atoms with Gasteiger partial charge in [0.05, 0.1) is 5.60 Å². The molecule has 4 unspecified atom stereocenters. The summed E-state index contributed by atoms with van der Waals surface area (Å²) in [6, 6.07) is 0. The van der Waals surface area contributed by atoms with Crippen molar-refractivity contribution in [1.82, 2.24) is 0 Å². The molecular weight excluding hydrogens is 272 g/mol. The van der Waals surface area contributed by atoms with Crippen LogP contribution in [-0.2, 0) is 19.1 Å². The van der Waals surface area contributed by atoms with Gasteiger partial charge in [0.15, 0.2) is 0 Å². The van der Waals surface area contributed by atoms with Crippen LogP contribution < -0.4 is 0 Å². The van der Waals surface area contributed by atoms with Gasteiger partial charge in [0, 0.05) is 31.8 Å². The first-order chi connectivity index (χ1) is 9.65. The van der Waals surface area contributed by atoms with Gasteiger partial charge in [-0.3, -0.25) is 4.79 Å². The van der Waals surface area contributed by atoms with E-state index in [1.165, 1.54) is 6.92 Å². The van der Waals surface area contributed by atoms with Crippen molar-refractivity contribution < 1.29 is 24.2 Å². The summed E-state index contributed by atoms with van der Waals surface area (Å²) in [5.74, 6) is -0.552. The third kappa shape index (κ3) is 2.48. The first-order valence-electron chi connectivity index (χ1n) is 7.46. The Morgan fingerprint density at radius 3 is 2.10 bits per heavy atom. The minimum Gasteiger partial charge on any atom is -0.459 e. The number of esters is 2. The molecule has 21 heavy (non-hydrogen) atoms. The van der Waals surface area contributed by atoms with Gasteiger partial charge in [0.1, 0.15) is 11.2 Å². The summed E-state index contributed by atoms with van der Waals surface area (Å²) in [7, 11) is 0. The maximum atomic E-state index is 11.9. The van der Waals surface area contributed by atoms with Crippen LogP contribution in [0.5, 0.6) is 0 Å². The highest BCUT2D eigenvalue weighted by Crippen LogP contribution is 2.61. The fourth-order valence-electron chi connectivity index (χ4n) is 5.03. The van der Waals surface area contributed by atoms with Crippen molar-refractivity contribution in [2.24, 2.45) is 5.92 Å². The Balaban J connectivity index is 1.91. The van der Waals surface area contributed by atoms with E-state index in [-0.39, 0.29) is 11.9 Å². The van der Waals surface area contributed by atoms with Crippen molar-refractivity contribution in [2.75, 3.05) is 0 Å². The van der Waals surface area contributed by atoms with E-state index in [0.29, 0.717) is 31.3 Å². The van der Waals surface area contributed by atoms with Crippen LogP contribution in [0.1, 0.15) is 52.4 Å². The first-order valence-corrected chi connectivity index (χ1v) is 7.46. The second-order valence-electron chi connectivity index (χ2n) is 7.36. The Bertz CT molecular complexity index is 527. The smallest absolute Gasteiger partial charge is 0.333 e. The van der Waals surface area contributed by atoms with Crippen LogP contribution in [0.15, 0.2) is 12.2 Å². The van der Waals surface area contributed by atoms with Gasteiger partial charge in [-0.15, -0.1) is 0 Å². The second kappa shape index (κ2) is 4.32. The zero-order valence-corrected chi connectivity index (χ0v) is 12.6. The molecule has 4 aliphatic rings. The average molecular weight is 294 g/mol. The van der Waals surface area contributed by atoms with Gasteiger partial charge in [-0.25, -0.2) is 4.79 Å². The first kappa shape index (κ1) is 14.6. The van der Waals surface area contributed by atoms with E-state index in [1.807, 2.05) is 0 Å². The van der Waals surface area contributed by atoms with Gasteiger partial charge < -0.3 is 14.6 Å². The molecule has 0 amide bonds. The molecule has 5 nitrogen and oxygen atoms in total. The molecule has 4 aliphatic carbocycles. The molecule has 0 heterocycles. The number of ether oxygens (including phenoxy) is 2. The van der Waals surface area contributed by atoms with Crippen LogP contribution in [0.4, 0.5) is 0 Å². The van der Waals surface area contributed by atoms with Crippen molar-refractivity contribution in [3.8, 4) is 0 Å². The van der Waals surface area contributed by atoms with Crippen LogP contribution in [0.2, 0.25) is 0 Å². The largest absolute Gasteiger partial charge is 0.459 e. The molecular formula is C16H22O5. The summed E-state index contributed by atoms with van der Waals surface area (Å²) in [5, 5.41) is 10.8. The SMILES string of the molecule is C=C(C)C(=O)OC12CC3CC(O)(CC(OC(C)=O)(C3)C1)C2. The third-order valence-electron chi connectivity index (χ3n) is 4.95. The van der Waals surface area contributed by atoms with Gasteiger partial charge in [0.2, 0.25) is 0 Å². The van der Waals surface area contributed by atoms with Gasteiger partial charge in [-0.2, -0.15) is 0 Å². The minimum absolute atomic E-state index is 0.225. The number of carbonyl (C=O) groups excluding carboxylic acids is 2. The summed E-state index contributed by atoms with van der Waals surface area (Å²) in [4.78, 5) is 23.4. The molecule has 0 radical (unpaired) electrons. The van der Waals surface area contributed by atoms with Crippen molar-refractivity contribution in [3.05, 3.63) is 12.2 Å². The van der Waals surface area contributed by atoms with E-state index >= 15 is 0 Å². The quantitative estimate of drug-likeness (QED) is 0.635. The average Bonchev–Trinajstić information content (AvgIpc) is 2.21. The topological polar surface area (TPSA) is 72.8 Å². The Labute approximate surface area is 124 Å². The van der Waals surface area contributed by atoms with Crippen LogP contribution >= 0.6 is 0 Å². The normalized spacial score (nSPS) is 43.5. The lowest BCUT2D eigenvalue weighted by molar-refractivity contribution is -0.265. The Hall–Kier alpha value is -1.36. The molecule has 4 fully saturated rings. The molecule has 0 saturated heterocycles. The molecule has 0 aliphatic heterocycles. The van der Waals surface area contributed by atoms with Crippen LogP contribution in [-0.4, -0.2) is 33.8 Å². The molecule has 0 spiro atoms. The van der Waals surface area contributed by atoms with Gasteiger partial charge in [-0.05, 0) is 32.1 Å². The lowest BCUT2D eigenvalue weighted by Gasteiger charge is -2.62. The van der Waals surface area contributed by atoms with Gasteiger partial charge >= 0.3 is 11.9 Å². The molecule has 5 heteroatoms. The number of aliphatic hydroxyl groups is 1. The second-order valence-corrected chi connectivity index (χ2v) is 7.36. The van der Waals surface area contributed by atoms with E-state index in [2.05, 4.69) is 6.58 Å². The predicted molar refractivity (Wildman–Crippen MR) is 74.3 cm³/mol. The van der Waals surface area contributed by atoms with Gasteiger partial charge in [0.25, 0.3) is 0 Å². The van der Waals surface area contributed by atoms with E-state index in [0.717, 1.165) is 12.8 Å². The highest BCUT2D eigenvalue weighted by atomic mass is 16.6. The van der Waals surface area contributed by atoms with Crippen molar-refractivity contribution in [1.29, 1.82) is 0 Å². The Morgan fingerprint density at radius 2 is 1.62 bits per heavy atom. The van der Waals surface area contributed by atoms with Crippen LogP contribution in [0, 0.1) is 5.92 Å². The highest BCUT2D eigenvalue weighted by molar-refractivity contribution is 5.87. The molecule has 0 aromatic rings. The number of carbonyl (C=O) groups is 2. The van der Waals surface area contributed by atoms with E-state index in [4.69, 9.17) is 9.47 Å². The summed E-state index contributed by atoms with van der Waals surface area (Å²) >= 11 is 0. The number of hydrogen-bond donors (Lipinski definition) is 1. The van der Waals surface area contributed by atoms with E-state index in [1.54, 1.807) is 6.92 Å². The molecule has 4 atom stereocenters. The van der Waals surface area contributed by atoms with E-state index < -0.39 is 22.8 Å². The summed E-state index contributed by atoms with van der Waals surface area (Å²) in [5.41, 5.74) is -1.96. The van der Waals surface area contributed by atoms with Crippen LogP contribution in [0.25, 0.3) is 0 Å². The third-order valence-corrected chi connectivity index (χ3v) is 4.95. The molecule has 4 bridgehead atoms. The number of hydrogen-bond acceptors (Lipinski definition) is 5. The zero-order chi connectivity index (χ0) is 15.5. The Kier molecular flexibility index (Phi) is 3.00. The minimum atomic E-state index is -0.899. The van der Waals surface area contributed by atoms with Crippen molar-refractivity contribution in [2.45, 2.75) is 69.2 Å².